The third-order valence-corrected chi connectivity index (χ3v) is 5.86. The van der Waals surface area contributed by atoms with Gasteiger partial charge in [0.25, 0.3) is 0 Å². The number of imidazole rings is 1. The van der Waals surface area contributed by atoms with Gasteiger partial charge in [-0.2, -0.15) is 3.97 Å². The number of carbonyl (C=O) groups is 2. The minimum atomic E-state index is -0.558. The van der Waals surface area contributed by atoms with Crippen molar-refractivity contribution in [3.63, 3.8) is 0 Å². The van der Waals surface area contributed by atoms with Crippen molar-refractivity contribution in [2.75, 3.05) is 14.2 Å². The van der Waals surface area contributed by atoms with Crippen LogP contribution in [0.1, 0.15) is 20.7 Å². The monoisotopic (exact) mass is 432 g/mol. The zero-order valence-electron chi connectivity index (χ0n) is 15.4. The van der Waals surface area contributed by atoms with Crippen LogP contribution in [0.2, 0.25) is 0 Å². The molecule has 0 radical (unpaired) electrons. The zero-order valence-corrected chi connectivity index (χ0v) is 17.0. The van der Waals surface area contributed by atoms with Gasteiger partial charge in [-0.3, -0.25) is 0 Å². The summed E-state index contributed by atoms with van der Waals surface area (Å²) in [7, 11) is 2.53. The first-order valence-corrected chi connectivity index (χ1v) is 9.75. The molecule has 0 saturated heterocycles. The summed E-state index contributed by atoms with van der Waals surface area (Å²) in [4.78, 5) is 37.6. The highest BCUT2D eigenvalue weighted by Crippen LogP contribution is 2.30. The summed E-state index contributed by atoms with van der Waals surface area (Å²) in [5, 5.41) is 10.3. The van der Waals surface area contributed by atoms with Crippen molar-refractivity contribution >= 4 is 35.8 Å². The fourth-order valence-corrected chi connectivity index (χ4v) is 4.26. The standard InChI is InChI=1S/C19H16N2O6S2/c1-26-17(23)12-7-3-5-9-14(12)28-20-11-16(22)21(19(20)25)29-15-10-6-4-8-13(15)18(24)27-2/h3-11,22H,1-2H3. The molecule has 2 aromatic carbocycles. The van der Waals surface area contributed by atoms with Crippen LogP contribution in [-0.4, -0.2) is 39.2 Å². The Balaban J connectivity index is 1.95. The summed E-state index contributed by atoms with van der Waals surface area (Å²) < 4.78 is 11.7. The largest absolute Gasteiger partial charge is 0.493 e. The van der Waals surface area contributed by atoms with Gasteiger partial charge in [0, 0.05) is 21.7 Å². The van der Waals surface area contributed by atoms with Gasteiger partial charge in [-0.25, -0.2) is 18.4 Å². The minimum absolute atomic E-state index is 0.266. The zero-order chi connectivity index (χ0) is 21.0. The second-order valence-corrected chi connectivity index (χ2v) is 7.55. The van der Waals surface area contributed by atoms with Gasteiger partial charge in [0.2, 0.25) is 5.88 Å². The Kier molecular flexibility index (Phi) is 6.35. The minimum Gasteiger partial charge on any atom is -0.493 e. The topological polar surface area (TPSA) is 99.8 Å². The first-order chi connectivity index (χ1) is 14.0. The van der Waals surface area contributed by atoms with Crippen LogP contribution in [-0.2, 0) is 9.47 Å². The highest BCUT2D eigenvalue weighted by molar-refractivity contribution is 7.98. The average molecular weight is 432 g/mol. The number of hydrogen-bond acceptors (Lipinski definition) is 8. The summed E-state index contributed by atoms with van der Waals surface area (Å²) >= 11 is 1.85. The van der Waals surface area contributed by atoms with E-state index in [2.05, 4.69) is 0 Å². The Bertz CT molecular complexity index is 1120. The van der Waals surface area contributed by atoms with Crippen LogP contribution in [0.5, 0.6) is 5.88 Å². The van der Waals surface area contributed by atoms with Gasteiger partial charge in [0.1, 0.15) is 0 Å². The van der Waals surface area contributed by atoms with E-state index in [1.807, 2.05) is 0 Å². The number of hydrogen-bond donors (Lipinski definition) is 1. The van der Waals surface area contributed by atoms with E-state index in [1.54, 1.807) is 48.5 Å². The van der Waals surface area contributed by atoms with Crippen molar-refractivity contribution in [1.82, 2.24) is 7.94 Å². The molecule has 0 unspecified atom stereocenters. The van der Waals surface area contributed by atoms with Crippen LogP contribution < -0.4 is 5.69 Å². The molecule has 0 aliphatic heterocycles. The maximum Gasteiger partial charge on any atom is 0.352 e. The summed E-state index contributed by atoms with van der Waals surface area (Å²) in [6.45, 7) is 0. The molecule has 150 valence electrons. The Morgan fingerprint density at radius 2 is 1.34 bits per heavy atom. The lowest BCUT2D eigenvalue weighted by atomic mass is 10.2. The van der Waals surface area contributed by atoms with Gasteiger partial charge in [-0.15, -0.1) is 0 Å². The maximum absolute atomic E-state index is 12.8. The highest BCUT2D eigenvalue weighted by Gasteiger charge is 2.19. The summed E-state index contributed by atoms with van der Waals surface area (Å²) in [5.41, 5.74) is 0.00223. The molecule has 0 saturated carbocycles. The van der Waals surface area contributed by atoms with Gasteiger partial charge in [0.15, 0.2) is 0 Å². The lowest BCUT2D eigenvalue weighted by Crippen LogP contribution is -2.18. The van der Waals surface area contributed by atoms with Crippen molar-refractivity contribution in [1.29, 1.82) is 0 Å². The molecule has 1 aromatic heterocycles. The van der Waals surface area contributed by atoms with Crippen LogP contribution in [0.15, 0.2) is 69.3 Å². The van der Waals surface area contributed by atoms with Crippen LogP contribution >= 0.6 is 23.9 Å². The second kappa shape index (κ2) is 8.93. The predicted octanol–water partition coefficient (Wildman–Crippen LogP) is 3.04. The third kappa shape index (κ3) is 4.33. The number of nitrogens with zero attached hydrogens (tertiary/aromatic N) is 2. The number of methoxy groups -OCH3 is 2. The number of ether oxygens (including phenoxy) is 2. The van der Waals surface area contributed by atoms with E-state index < -0.39 is 17.6 Å². The van der Waals surface area contributed by atoms with Crippen molar-refractivity contribution in [2.24, 2.45) is 0 Å². The van der Waals surface area contributed by atoms with Crippen LogP contribution in [0.3, 0.4) is 0 Å². The molecule has 1 N–H and O–H groups in total. The molecule has 0 fully saturated rings. The molecule has 0 spiro atoms. The average Bonchev–Trinajstić information content (AvgIpc) is 3.00. The second-order valence-electron chi connectivity index (χ2n) is 5.55. The van der Waals surface area contributed by atoms with E-state index >= 15 is 0 Å². The van der Waals surface area contributed by atoms with E-state index in [1.165, 1.54) is 24.4 Å². The lowest BCUT2D eigenvalue weighted by Gasteiger charge is -2.08. The van der Waals surface area contributed by atoms with E-state index in [9.17, 15) is 19.5 Å². The number of aromatic hydroxyl groups is 1. The fraction of sp³-hybridized carbons (Fsp3) is 0.105. The van der Waals surface area contributed by atoms with E-state index in [-0.39, 0.29) is 11.4 Å². The predicted molar refractivity (Wildman–Crippen MR) is 108 cm³/mol. The van der Waals surface area contributed by atoms with E-state index in [4.69, 9.17) is 9.47 Å². The fourth-order valence-electron chi connectivity index (χ4n) is 2.41. The van der Waals surface area contributed by atoms with Gasteiger partial charge in [-0.05, 0) is 36.2 Å². The molecule has 8 nitrogen and oxygen atoms in total. The maximum atomic E-state index is 12.8. The van der Waals surface area contributed by atoms with Gasteiger partial charge in [0.05, 0.1) is 31.5 Å². The van der Waals surface area contributed by atoms with Crippen molar-refractivity contribution in [3.05, 3.63) is 76.3 Å². The number of benzene rings is 2. The quantitative estimate of drug-likeness (QED) is 0.594. The molecular weight excluding hydrogens is 416 g/mol. The molecule has 3 rings (SSSR count). The number of rotatable bonds is 6. The van der Waals surface area contributed by atoms with Crippen molar-refractivity contribution < 1.29 is 24.2 Å². The Labute approximate surface area is 174 Å². The number of esters is 2. The molecule has 0 amide bonds. The number of aromatic nitrogens is 2. The summed E-state index contributed by atoms with van der Waals surface area (Å²) in [5.74, 6) is -1.41. The summed E-state index contributed by atoms with van der Waals surface area (Å²) in [6, 6.07) is 13.2. The smallest absolute Gasteiger partial charge is 0.352 e. The first kappa shape index (κ1) is 20.6. The summed E-state index contributed by atoms with van der Waals surface area (Å²) in [6.07, 6.45) is 1.23. The van der Waals surface area contributed by atoms with Crippen LogP contribution in [0.25, 0.3) is 0 Å². The van der Waals surface area contributed by atoms with Gasteiger partial charge >= 0.3 is 17.6 Å². The molecule has 3 aromatic rings. The normalized spacial score (nSPS) is 10.6. The molecule has 0 aliphatic rings. The molecular formula is C19H16N2O6S2. The molecule has 1 heterocycles. The molecule has 10 heteroatoms. The Morgan fingerprint density at radius 1 is 0.862 bits per heavy atom. The number of carbonyl (C=O) groups excluding carboxylic acids is 2. The van der Waals surface area contributed by atoms with Crippen molar-refractivity contribution in [2.45, 2.75) is 9.79 Å². The highest BCUT2D eigenvalue weighted by atomic mass is 32.2. The third-order valence-electron chi connectivity index (χ3n) is 3.77. The molecule has 29 heavy (non-hydrogen) atoms. The lowest BCUT2D eigenvalue weighted by molar-refractivity contribution is 0.0588. The molecule has 0 aliphatic carbocycles. The molecule has 0 bridgehead atoms. The SMILES string of the molecule is COC(=O)c1ccccc1Sn1cc(O)n(Sc2ccccc2C(=O)OC)c1=O. The Morgan fingerprint density at radius 3 is 1.86 bits per heavy atom. The van der Waals surface area contributed by atoms with Gasteiger partial charge < -0.3 is 14.6 Å². The van der Waals surface area contributed by atoms with Gasteiger partial charge in [-0.1, -0.05) is 24.3 Å². The first-order valence-electron chi connectivity index (χ1n) is 8.21. The Hall–Kier alpha value is -3.11. The van der Waals surface area contributed by atoms with E-state index in [0.717, 1.165) is 27.9 Å². The van der Waals surface area contributed by atoms with E-state index in [0.29, 0.717) is 15.4 Å². The van der Waals surface area contributed by atoms with Crippen LogP contribution in [0, 0.1) is 0 Å². The van der Waals surface area contributed by atoms with Crippen molar-refractivity contribution in [3.8, 4) is 5.88 Å². The molecule has 0 atom stereocenters. The van der Waals surface area contributed by atoms with Crippen LogP contribution in [0.4, 0.5) is 0 Å².